The summed E-state index contributed by atoms with van der Waals surface area (Å²) >= 11 is 0. The molecule has 0 spiro atoms. The van der Waals surface area contributed by atoms with E-state index in [1.54, 1.807) is 18.1 Å². The molecule has 39 heavy (non-hydrogen) atoms. The molecule has 2 amide bonds. The molecule has 0 radical (unpaired) electrons. The Kier molecular flexibility index (Phi) is 8.59. The summed E-state index contributed by atoms with van der Waals surface area (Å²) in [5.74, 6) is 0.488. The van der Waals surface area contributed by atoms with E-state index >= 15 is 0 Å². The van der Waals surface area contributed by atoms with Crippen molar-refractivity contribution in [1.29, 1.82) is 0 Å². The van der Waals surface area contributed by atoms with Crippen LogP contribution in [0.5, 0.6) is 5.75 Å². The van der Waals surface area contributed by atoms with Gasteiger partial charge in [-0.05, 0) is 30.3 Å². The van der Waals surface area contributed by atoms with E-state index in [9.17, 15) is 22.8 Å². The molecule has 0 bridgehead atoms. The fraction of sp³-hybridized carbons (Fsp3) is 0.393. The molecule has 1 fully saturated rings. The Morgan fingerprint density at radius 2 is 1.74 bits per heavy atom. The van der Waals surface area contributed by atoms with Gasteiger partial charge in [-0.25, -0.2) is 4.98 Å². The maximum atomic E-state index is 13.7. The molecule has 3 aromatic rings. The second kappa shape index (κ2) is 11.9. The zero-order valence-corrected chi connectivity index (χ0v) is 22.1. The highest BCUT2D eigenvalue weighted by molar-refractivity contribution is 5.96. The number of rotatable bonds is 8. The van der Waals surface area contributed by atoms with Gasteiger partial charge in [0, 0.05) is 70.3 Å². The Balaban J connectivity index is 1.75. The Bertz CT molecular complexity index is 1340. The number of ether oxygens (including phenoxy) is 2. The van der Waals surface area contributed by atoms with Crippen LogP contribution in [0.15, 0.2) is 48.5 Å². The number of anilines is 1. The Hall–Kier alpha value is -3.86. The molecule has 8 nitrogen and oxygen atoms in total. The topological polar surface area (TPSA) is 75.2 Å². The van der Waals surface area contributed by atoms with Crippen LogP contribution in [-0.2, 0) is 22.3 Å². The van der Waals surface area contributed by atoms with Crippen LogP contribution in [0.2, 0.25) is 0 Å². The highest BCUT2D eigenvalue weighted by atomic mass is 19.4. The third-order valence-corrected chi connectivity index (χ3v) is 6.78. The lowest BCUT2D eigenvalue weighted by atomic mass is 10.0. The van der Waals surface area contributed by atoms with Crippen molar-refractivity contribution < 1.29 is 32.2 Å². The van der Waals surface area contributed by atoms with Crippen molar-refractivity contribution in [2.75, 3.05) is 58.5 Å². The van der Waals surface area contributed by atoms with Crippen molar-refractivity contribution in [3.8, 4) is 5.75 Å². The van der Waals surface area contributed by atoms with Gasteiger partial charge in [0.1, 0.15) is 11.6 Å². The average molecular weight is 545 g/mol. The molecule has 1 aliphatic heterocycles. The van der Waals surface area contributed by atoms with Crippen LogP contribution in [0.25, 0.3) is 10.9 Å². The molecule has 2 heterocycles. The summed E-state index contributed by atoms with van der Waals surface area (Å²) in [4.78, 5) is 35.4. The van der Waals surface area contributed by atoms with E-state index in [1.165, 1.54) is 37.1 Å². The predicted molar refractivity (Wildman–Crippen MR) is 141 cm³/mol. The Labute approximate surface area is 224 Å². The molecule has 2 aromatic carbocycles. The minimum absolute atomic E-state index is 0.00857. The van der Waals surface area contributed by atoms with Crippen LogP contribution in [-0.4, -0.2) is 80.1 Å². The molecule has 4 rings (SSSR count). The largest absolute Gasteiger partial charge is 0.497 e. The first-order valence-corrected chi connectivity index (χ1v) is 12.5. The SMILES string of the molecule is COCCN(Cc1cc2ccc(OC)cc2nc1N1CCN(C(C)=O)CC1)C(=O)c1ccccc1C(F)(F)F. The van der Waals surface area contributed by atoms with Gasteiger partial charge in [-0.1, -0.05) is 12.1 Å². The number of benzene rings is 2. The molecule has 0 atom stereocenters. The molecule has 0 saturated carbocycles. The van der Waals surface area contributed by atoms with Crippen LogP contribution in [0.4, 0.5) is 19.0 Å². The fourth-order valence-electron chi connectivity index (χ4n) is 4.68. The Morgan fingerprint density at radius 1 is 1.03 bits per heavy atom. The first-order valence-electron chi connectivity index (χ1n) is 12.5. The van der Waals surface area contributed by atoms with Crippen LogP contribution in [0.3, 0.4) is 0 Å². The average Bonchev–Trinajstić information content (AvgIpc) is 2.93. The van der Waals surface area contributed by atoms with Crippen LogP contribution in [0, 0.1) is 0 Å². The first-order chi connectivity index (χ1) is 18.6. The second-order valence-electron chi connectivity index (χ2n) is 9.29. The van der Waals surface area contributed by atoms with Crippen LogP contribution in [0.1, 0.15) is 28.4 Å². The van der Waals surface area contributed by atoms with Gasteiger partial charge in [0.25, 0.3) is 5.91 Å². The number of nitrogens with zero attached hydrogens (tertiary/aromatic N) is 4. The Morgan fingerprint density at radius 3 is 2.38 bits per heavy atom. The lowest BCUT2D eigenvalue weighted by molar-refractivity contribution is -0.138. The molecule has 1 aliphatic rings. The van der Waals surface area contributed by atoms with Gasteiger partial charge in [-0.2, -0.15) is 13.2 Å². The molecule has 0 N–H and O–H groups in total. The van der Waals surface area contributed by atoms with Crippen LogP contribution < -0.4 is 9.64 Å². The van der Waals surface area contributed by atoms with E-state index in [0.29, 0.717) is 48.8 Å². The van der Waals surface area contributed by atoms with E-state index in [1.807, 2.05) is 23.1 Å². The number of methoxy groups -OCH3 is 2. The molecule has 1 saturated heterocycles. The van der Waals surface area contributed by atoms with Crippen LogP contribution >= 0.6 is 0 Å². The molecular formula is C28H31F3N4O4. The van der Waals surface area contributed by atoms with Crippen molar-refractivity contribution >= 4 is 28.5 Å². The van der Waals surface area contributed by atoms with Gasteiger partial charge >= 0.3 is 6.18 Å². The summed E-state index contributed by atoms with van der Waals surface area (Å²) < 4.78 is 51.7. The maximum absolute atomic E-state index is 13.7. The summed E-state index contributed by atoms with van der Waals surface area (Å²) in [6.07, 6.45) is -4.68. The summed E-state index contributed by atoms with van der Waals surface area (Å²) in [6.45, 7) is 3.85. The number of hydrogen-bond acceptors (Lipinski definition) is 6. The summed E-state index contributed by atoms with van der Waals surface area (Å²) in [5, 5.41) is 0.798. The number of amides is 2. The fourth-order valence-corrected chi connectivity index (χ4v) is 4.68. The molecule has 208 valence electrons. The third-order valence-electron chi connectivity index (χ3n) is 6.78. The van der Waals surface area contributed by atoms with Crippen molar-refractivity contribution in [2.24, 2.45) is 0 Å². The van der Waals surface area contributed by atoms with Gasteiger partial charge < -0.3 is 24.2 Å². The summed E-state index contributed by atoms with van der Waals surface area (Å²) in [7, 11) is 3.03. The van der Waals surface area contributed by atoms with E-state index in [2.05, 4.69) is 0 Å². The third kappa shape index (κ3) is 6.42. The van der Waals surface area contributed by atoms with Gasteiger partial charge in [0.2, 0.25) is 5.91 Å². The monoisotopic (exact) mass is 544 g/mol. The highest BCUT2D eigenvalue weighted by Crippen LogP contribution is 2.33. The maximum Gasteiger partial charge on any atom is 0.417 e. The molecule has 0 unspecified atom stereocenters. The standard InChI is InChI=1S/C28H31F3N4O4/c1-19(36)33-10-12-34(13-11-33)26-21(16-20-8-9-22(39-3)17-25(20)32-26)18-35(14-15-38-2)27(37)23-6-4-5-7-24(23)28(29,30)31/h4-9,16-17H,10-15,18H2,1-3H3. The van der Waals surface area contributed by atoms with Gasteiger partial charge in [-0.3, -0.25) is 9.59 Å². The lowest BCUT2D eigenvalue weighted by Crippen LogP contribution is -2.48. The number of pyridine rings is 1. The molecular weight excluding hydrogens is 513 g/mol. The number of carbonyl (C=O) groups excluding carboxylic acids is 2. The van der Waals surface area contributed by atoms with Crippen molar-refractivity contribution in [3.05, 3.63) is 65.2 Å². The number of alkyl halides is 3. The number of hydrogen-bond donors (Lipinski definition) is 0. The summed E-state index contributed by atoms with van der Waals surface area (Å²) in [5.41, 5.74) is -0.0462. The van der Waals surface area contributed by atoms with Gasteiger partial charge in [-0.15, -0.1) is 0 Å². The zero-order chi connectivity index (χ0) is 28.2. The van der Waals surface area contributed by atoms with E-state index < -0.39 is 23.2 Å². The predicted octanol–water partition coefficient (Wildman–Crippen LogP) is 4.22. The van der Waals surface area contributed by atoms with Crippen molar-refractivity contribution in [2.45, 2.75) is 19.6 Å². The van der Waals surface area contributed by atoms with E-state index in [4.69, 9.17) is 14.5 Å². The molecule has 11 heteroatoms. The number of carbonyl (C=O) groups is 2. The van der Waals surface area contributed by atoms with E-state index in [0.717, 1.165) is 11.5 Å². The lowest BCUT2D eigenvalue weighted by Gasteiger charge is -2.36. The van der Waals surface area contributed by atoms with Gasteiger partial charge in [0.05, 0.1) is 30.4 Å². The first kappa shape index (κ1) is 28.2. The number of halogens is 3. The number of fused-ring (bicyclic) bond motifs is 1. The highest BCUT2D eigenvalue weighted by Gasteiger charge is 2.36. The normalized spacial score (nSPS) is 14.0. The minimum atomic E-state index is -4.68. The smallest absolute Gasteiger partial charge is 0.417 e. The molecule has 1 aromatic heterocycles. The number of piperazine rings is 1. The summed E-state index contributed by atoms with van der Waals surface area (Å²) in [6, 6.07) is 12.1. The number of aromatic nitrogens is 1. The van der Waals surface area contributed by atoms with Gasteiger partial charge in [0.15, 0.2) is 0 Å². The minimum Gasteiger partial charge on any atom is -0.497 e. The molecule has 0 aliphatic carbocycles. The second-order valence-corrected chi connectivity index (χ2v) is 9.29. The van der Waals surface area contributed by atoms with Crippen molar-refractivity contribution in [3.63, 3.8) is 0 Å². The quantitative estimate of drug-likeness (QED) is 0.423. The zero-order valence-electron chi connectivity index (χ0n) is 22.1. The van der Waals surface area contributed by atoms with Crippen molar-refractivity contribution in [1.82, 2.24) is 14.8 Å². The van der Waals surface area contributed by atoms with E-state index in [-0.39, 0.29) is 25.6 Å².